The molecule has 1 heterocycles. The summed E-state index contributed by atoms with van der Waals surface area (Å²) >= 11 is 0. The minimum atomic E-state index is -0.174. The van der Waals surface area contributed by atoms with Gasteiger partial charge in [0.05, 0.1) is 0 Å². The van der Waals surface area contributed by atoms with Gasteiger partial charge in [0.25, 0.3) is 5.91 Å². The van der Waals surface area contributed by atoms with Gasteiger partial charge in [-0.05, 0) is 38.8 Å². The quantitative estimate of drug-likeness (QED) is 0.874. The van der Waals surface area contributed by atoms with Crippen LogP contribution >= 0.6 is 0 Å². The van der Waals surface area contributed by atoms with Crippen molar-refractivity contribution in [1.82, 2.24) is 15.5 Å². The summed E-state index contributed by atoms with van der Waals surface area (Å²) in [6.45, 7) is 3.84. The largest absolute Gasteiger partial charge is 0.366 e. The highest BCUT2D eigenvalue weighted by atomic mass is 16.1. The van der Waals surface area contributed by atoms with Crippen LogP contribution in [0.15, 0.2) is 12.1 Å². The van der Waals surface area contributed by atoms with Crippen LogP contribution in [-0.2, 0) is 0 Å². The number of anilines is 1. The lowest BCUT2D eigenvalue weighted by atomic mass is 9.95. The molecule has 0 atom stereocenters. The molecule has 0 radical (unpaired) electrons. The van der Waals surface area contributed by atoms with Crippen LogP contribution < -0.4 is 10.6 Å². The molecule has 1 amide bonds. The van der Waals surface area contributed by atoms with Crippen molar-refractivity contribution < 1.29 is 4.79 Å². The third kappa shape index (κ3) is 4.19. The Kier molecular flexibility index (Phi) is 4.71. The summed E-state index contributed by atoms with van der Waals surface area (Å²) in [6, 6.07) is 4.15. The SMILES string of the molecule is CC(C)NC(=O)c1ccc(NC2CCCCC2)nn1. The molecule has 19 heavy (non-hydrogen) atoms. The molecule has 104 valence electrons. The molecule has 1 aliphatic rings. The van der Waals surface area contributed by atoms with Gasteiger partial charge in [0.2, 0.25) is 0 Å². The maximum absolute atomic E-state index is 11.7. The Morgan fingerprint density at radius 2 is 1.95 bits per heavy atom. The Balaban J connectivity index is 1.92. The van der Waals surface area contributed by atoms with Crippen molar-refractivity contribution >= 4 is 11.7 Å². The summed E-state index contributed by atoms with van der Waals surface area (Å²) in [6.07, 6.45) is 6.27. The van der Waals surface area contributed by atoms with E-state index in [-0.39, 0.29) is 11.9 Å². The topological polar surface area (TPSA) is 66.9 Å². The van der Waals surface area contributed by atoms with Crippen molar-refractivity contribution in [2.24, 2.45) is 0 Å². The van der Waals surface area contributed by atoms with Crippen LogP contribution in [0.25, 0.3) is 0 Å². The third-order valence-corrected chi connectivity index (χ3v) is 3.27. The Morgan fingerprint density at radius 3 is 2.53 bits per heavy atom. The molecular weight excluding hydrogens is 240 g/mol. The highest BCUT2D eigenvalue weighted by molar-refractivity contribution is 5.92. The number of hydrogen-bond donors (Lipinski definition) is 2. The van der Waals surface area contributed by atoms with Crippen LogP contribution in [0, 0.1) is 0 Å². The van der Waals surface area contributed by atoms with E-state index in [9.17, 15) is 4.79 Å². The number of amides is 1. The van der Waals surface area contributed by atoms with Crippen molar-refractivity contribution in [2.75, 3.05) is 5.32 Å². The van der Waals surface area contributed by atoms with Gasteiger partial charge in [-0.15, -0.1) is 10.2 Å². The van der Waals surface area contributed by atoms with Crippen molar-refractivity contribution in [3.05, 3.63) is 17.8 Å². The lowest BCUT2D eigenvalue weighted by Crippen LogP contribution is -2.31. The predicted molar refractivity (Wildman–Crippen MR) is 75.1 cm³/mol. The Hall–Kier alpha value is -1.65. The number of aromatic nitrogens is 2. The number of nitrogens with one attached hydrogen (secondary N) is 2. The Labute approximate surface area is 114 Å². The minimum absolute atomic E-state index is 0.106. The molecule has 1 aromatic rings. The molecule has 2 N–H and O–H groups in total. The maximum Gasteiger partial charge on any atom is 0.271 e. The zero-order valence-corrected chi connectivity index (χ0v) is 11.6. The fraction of sp³-hybridized carbons (Fsp3) is 0.643. The summed E-state index contributed by atoms with van der Waals surface area (Å²) in [7, 11) is 0. The summed E-state index contributed by atoms with van der Waals surface area (Å²) < 4.78 is 0. The third-order valence-electron chi connectivity index (χ3n) is 3.27. The predicted octanol–water partition coefficient (Wildman–Crippen LogP) is 2.36. The molecule has 1 fully saturated rings. The average Bonchev–Trinajstić information content (AvgIpc) is 2.40. The number of carbonyl (C=O) groups is 1. The first-order valence-corrected chi connectivity index (χ1v) is 7.06. The second-order valence-corrected chi connectivity index (χ2v) is 5.41. The second kappa shape index (κ2) is 6.50. The molecule has 2 rings (SSSR count). The van der Waals surface area contributed by atoms with E-state index in [1.165, 1.54) is 32.1 Å². The van der Waals surface area contributed by atoms with E-state index in [1.807, 2.05) is 19.9 Å². The van der Waals surface area contributed by atoms with Crippen LogP contribution in [0.2, 0.25) is 0 Å². The highest BCUT2D eigenvalue weighted by Crippen LogP contribution is 2.20. The van der Waals surface area contributed by atoms with Gasteiger partial charge < -0.3 is 10.6 Å². The normalized spacial score (nSPS) is 16.4. The van der Waals surface area contributed by atoms with Crippen LogP contribution in [0.4, 0.5) is 5.82 Å². The van der Waals surface area contributed by atoms with Gasteiger partial charge in [0.1, 0.15) is 5.82 Å². The first-order valence-electron chi connectivity index (χ1n) is 7.06. The van der Waals surface area contributed by atoms with Gasteiger partial charge in [-0.25, -0.2) is 0 Å². The summed E-state index contributed by atoms with van der Waals surface area (Å²) in [5.74, 6) is 0.583. The molecule has 1 aromatic heterocycles. The van der Waals surface area contributed by atoms with E-state index in [1.54, 1.807) is 6.07 Å². The molecular formula is C14H22N4O. The molecule has 0 bridgehead atoms. The van der Waals surface area contributed by atoms with E-state index < -0.39 is 0 Å². The van der Waals surface area contributed by atoms with E-state index in [0.29, 0.717) is 11.7 Å². The first-order chi connectivity index (χ1) is 9.15. The molecule has 0 saturated heterocycles. The van der Waals surface area contributed by atoms with Crippen LogP contribution in [0.1, 0.15) is 56.4 Å². The summed E-state index contributed by atoms with van der Waals surface area (Å²) in [5, 5.41) is 14.2. The number of rotatable bonds is 4. The fourth-order valence-electron chi connectivity index (χ4n) is 2.32. The highest BCUT2D eigenvalue weighted by Gasteiger charge is 2.14. The Bertz CT molecular complexity index is 410. The Morgan fingerprint density at radius 1 is 1.21 bits per heavy atom. The van der Waals surface area contributed by atoms with E-state index >= 15 is 0 Å². The fourth-order valence-corrected chi connectivity index (χ4v) is 2.32. The standard InChI is InChI=1S/C14H22N4O/c1-10(2)15-14(19)12-8-9-13(18-17-12)16-11-6-4-3-5-7-11/h8-11H,3-7H2,1-2H3,(H,15,19)(H,16,18). The van der Waals surface area contributed by atoms with Crippen LogP contribution in [0.5, 0.6) is 0 Å². The summed E-state index contributed by atoms with van der Waals surface area (Å²) in [5.41, 5.74) is 0.364. The van der Waals surface area contributed by atoms with Crippen LogP contribution in [0.3, 0.4) is 0 Å². The van der Waals surface area contributed by atoms with Gasteiger partial charge >= 0.3 is 0 Å². The maximum atomic E-state index is 11.7. The molecule has 0 aromatic carbocycles. The smallest absolute Gasteiger partial charge is 0.271 e. The first kappa shape index (κ1) is 13.8. The van der Waals surface area contributed by atoms with E-state index in [0.717, 1.165) is 5.82 Å². The molecule has 1 saturated carbocycles. The monoisotopic (exact) mass is 262 g/mol. The van der Waals surface area contributed by atoms with Crippen molar-refractivity contribution in [3.8, 4) is 0 Å². The van der Waals surface area contributed by atoms with Gasteiger partial charge in [-0.1, -0.05) is 19.3 Å². The number of hydrogen-bond acceptors (Lipinski definition) is 4. The van der Waals surface area contributed by atoms with Crippen molar-refractivity contribution in [1.29, 1.82) is 0 Å². The number of carbonyl (C=O) groups excluding carboxylic acids is 1. The molecule has 0 spiro atoms. The number of nitrogens with zero attached hydrogens (tertiary/aromatic N) is 2. The van der Waals surface area contributed by atoms with Crippen molar-refractivity contribution in [3.63, 3.8) is 0 Å². The minimum Gasteiger partial charge on any atom is -0.366 e. The second-order valence-electron chi connectivity index (χ2n) is 5.41. The van der Waals surface area contributed by atoms with Crippen LogP contribution in [-0.4, -0.2) is 28.2 Å². The van der Waals surface area contributed by atoms with Gasteiger partial charge in [-0.2, -0.15) is 0 Å². The van der Waals surface area contributed by atoms with E-state index in [2.05, 4.69) is 20.8 Å². The lowest BCUT2D eigenvalue weighted by Gasteiger charge is -2.22. The van der Waals surface area contributed by atoms with E-state index in [4.69, 9.17) is 0 Å². The molecule has 0 unspecified atom stereocenters. The molecule has 0 aliphatic heterocycles. The summed E-state index contributed by atoms with van der Waals surface area (Å²) in [4.78, 5) is 11.7. The lowest BCUT2D eigenvalue weighted by molar-refractivity contribution is 0.0937. The average molecular weight is 262 g/mol. The zero-order chi connectivity index (χ0) is 13.7. The molecule has 1 aliphatic carbocycles. The van der Waals surface area contributed by atoms with Gasteiger partial charge in [0, 0.05) is 12.1 Å². The molecule has 5 heteroatoms. The van der Waals surface area contributed by atoms with Gasteiger partial charge in [-0.3, -0.25) is 4.79 Å². The van der Waals surface area contributed by atoms with Gasteiger partial charge in [0.15, 0.2) is 5.69 Å². The zero-order valence-electron chi connectivity index (χ0n) is 11.6. The van der Waals surface area contributed by atoms with Crippen molar-refractivity contribution in [2.45, 2.75) is 58.0 Å². The molecule has 5 nitrogen and oxygen atoms in total.